The Bertz CT molecular complexity index is 1110. The number of nitrogen functional groups attached to an aromatic ring is 1. The van der Waals surface area contributed by atoms with Crippen LogP contribution in [-0.4, -0.2) is 57.7 Å². The third kappa shape index (κ3) is 8.28. The molecule has 0 aliphatic rings. The molecular formula is C25H31N3O7S. The molecule has 1 aromatic heterocycles. The lowest BCUT2D eigenvalue weighted by Gasteiger charge is -2.30. The van der Waals surface area contributed by atoms with Gasteiger partial charge in [0.25, 0.3) is 0 Å². The van der Waals surface area contributed by atoms with Crippen molar-refractivity contribution < 1.29 is 34.1 Å². The minimum Gasteiger partial charge on any atom is -0.481 e. The number of hydrogen-bond acceptors (Lipinski definition) is 8. The molecule has 2 atom stereocenters. The number of ketones is 1. The molecular weight excluding hydrogens is 486 g/mol. The first-order chi connectivity index (χ1) is 16.9. The molecule has 0 aliphatic heterocycles. The van der Waals surface area contributed by atoms with Crippen LogP contribution in [0.4, 0.5) is 0 Å². The third-order valence-electron chi connectivity index (χ3n) is 5.58. The minimum atomic E-state index is -1.19. The number of amidine groups is 1. The van der Waals surface area contributed by atoms with Gasteiger partial charge in [-0.25, -0.2) is 4.79 Å². The van der Waals surface area contributed by atoms with Crippen molar-refractivity contribution >= 4 is 40.9 Å². The van der Waals surface area contributed by atoms with Crippen molar-refractivity contribution in [3.63, 3.8) is 0 Å². The predicted octanol–water partition coefficient (Wildman–Crippen LogP) is 3.23. The van der Waals surface area contributed by atoms with E-state index >= 15 is 0 Å². The lowest BCUT2D eigenvalue weighted by atomic mass is 9.89. The number of rotatable bonds is 14. The number of carbonyl (C=O) groups is 4. The monoisotopic (exact) mass is 517 g/mol. The minimum absolute atomic E-state index is 0.0863. The molecule has 0 amide bonds. The Morgan fingerprint density at radius 1 is 1.08 bits per heavy atom. The van der Waals surface area contributed by atoms with Crippen LogP contribution in [0.15, 0.2) is 36.4 Å². The van der Waals surface area contributed by atoms with Gasteiger partial charge >= 0.3 is 17.9 Å². The van der Waals surface area contributed by atoms with E-state index in [2.05, 4.69) is 0 Å². The number of nitrogens with zero attached hydrogens (tertiary/aromatic N) is 1. The van der Waals surface area contributed by atoms with Gasteiger partial charge in [0.15, 0.2) is 5.78 Å². The fraction of sp³-hybridized carbons (Fsp3) is 0.400. The van der Waals surface area contributed by atoms with Crippen molar-refractivity contribution in [3.8, 4) is 5.75 Å². The van der Waals surface area contributed by atoms with Gasteiger partial charge in [0, 0.05) is 29.8 Å². The molecule has 0 bridgehead atoms. The zero-order valence-electron chi connectivity index (χ0n) is 20.4. The Morgan fingerprint density at radius 3 is 2.25 bits per heavy atom. The average molecular weight is 518 g/mol. The molecule has 11 heteroatoms. The first-order valence-electron chi connectivity index (χ1n) is 11.3. The second kappa shape index (κ2) is 12.9. The van der Waals surface area contributed by atoms with E-state index in [0.717, 1.165) is 4.88 Å². The van der Waals surface area contributed by atoms with Crippen LogP contribution in [0.5, 0.6) is 5.75 Å². The zero-order chi connectivity index (χ0) is 27.0. The highest BCUT2D eigenvalue weighted by atomic mass is 32.1. The molecule has 2 aromatic rings. The summed E-state index contributed by atoms with van der Waals surface area (Å²) in [6, 6.07) is 9.10. The highest BCUT2D eigenvalue weighted by Crippen LogP contribution is 2.24. The second-order valence-electron chi connectivity index (χ2n) is 8.84. The van der Waals surface area contributed by atoms with Crippen molar-refractivity contribution in [2.24, 2.45) is 17.6 Å². The zero-order valence-corrected chi connectivity index (χ0v) is 21.2. The van der Waals surface area contributed by atoms with E-state index in [-0.39, 0.29) is 36.8 Å². The summed E-state index contributed by atoms with van der Waals surface area (Å²) in [7, 11) is 1.75. The molecule has 10 nitrogen and oxygen atoms in total. The fourth-order valence-electron chi connectivity index (χ4n) is 3.88. The lowest BCUT2D eigenvalue weighted by molar-refractivity contribution is -0.145. The number of likely N-dealkylation sites (N-methyl/N-ethyl adjacent to an activating group) is 1. The first-order valence-corrected chi connectivity index (χ1v) is 12.1. The van der Waals surface area contributed by atoms with Gasteiger partial charge in [-0.3, -0.25) is 24.7 Å². The number of nitrogens with one attached hydrogen (secondary N) is 1. The highest BCUT2D eigenvalue weighted by Gasteiger charge is 2.31. The molecule has 0 aliphatic carbocycles. The van der Waals surface area contributed by atoms with E-state index in [1.54, 1.807) is 43.4 Å². The van der Waals surface area contributed by atoms with Crippen LogP contribution in [0.3, 0.4) is 0 Å². The largest absolute Gasteiger partial charge is 0.481 e. The molecule has 2 rings (SSSR count). The van der Waals surface area contributed by atoms with Crippen LogP contribution >= 0.6 is 11.3 Å². The summed E-state index contributed by atoms with van der Waals surface area (Å²) in [5.74, 6) is -4.04. The van der Waals surface area contributed by atoms with Crippen molar-refractivity contribution in [3.05, 3.63) is 51.7 Å². The molecule has 0 radical (unpaired) electrons. The van der Waals surface area contributed by atoms with Crippen molar-refractivity contribution in [2.45, 2.75) is 45.7 Å². The van der Waals surface area contributed by atoms with Crippen LogP contribution in [0.1, 0.15) is 53.2 Å². The summed E-state index contributed by atoms with van der Waals surface area (Å²) in [5, 5.41) is 25.7. The van der Waals surface area contributed by atoms with Crippen molar-refractivity contribution in [1.82, 2.24) is 4.90 Å². The Balaban J connectivity index is 2.04. The van der Waals surface area contributed by atoms with Gasteiger partial charge in [-0.05, 0) is 55.8 Å². The SMILES string of the molecule is CC(C)[C@@H](C(=O)C[C@H](CCC(=O)O)C(=O)O)N(C)Cc1ccc(C(=O)Oc2ccc(C(=N)N)cc2)s1. The molecule has 0 spiro atoms. The number of Topliss-reactive ketones (excluding diaryl/α,β-unsaturated/α-hetero) is 1. The summed E-state index contributed by atoms with van der Waals surface area (Å²) >= 11 is 1.23. The van der Waals surface area contributed by atoms with E-state index in [9.17, 15) is 24.3 Å². The van der Waals surface area contributed by atoms with E-state index < -0.39 is 29.9 Å². The first kappa shape index (κ1) is 28.7. The van der Waals surface area contributed by atoms with Crippen LogP contribution < -0.4 is 10.5 Å². The van der Waals surface area contributed by atoms with Gasteiger partial charge < -0.3 is 20.7 Å². The summed E-state index contributed by atoms with van der Waals surface area (Å²) in [6.07, 6.45) is -0.680. The van der Waals surface area contributed by atoms with Gasteiger partial charge in [-0.15, -0.1) is 11.3 Å². The average Bonchev–Trinajstić information content (AvgIpc) is 3.25. The van der Waals surface area contributed by atoms with Crippen LogP contribution in [0.25, 0.3) is 0 Å². The number of nitrogens with two attached hydrogens (primary N) is 1. The normalized spacial score (nSPS) is 12.8. The van der Waals surface area contributed by atoms with Gasteiger partial charge in [0.05, 0.1) is 12.0 Å². The van der Waals surface area contributed by atoms with Gasteiger partial charge in [0.2, 0.25) is 0 Å². The quantitative estimate of drug-likeness (QED) is 0.127. The third-order valence-corrected chi connectivity index (χ3v) is 6.63. The van der Waals surface area contributed by atoms with Gasteiger partial charge in [-0.1, -0.05) is 13.8 Å². The van der Waals surface area contributed by atoms with E-state index in [1.807, 2.05) is 18.7 Å². The predicted molar refractivity (Wildman–Crippen MR) is 134 cm³/mol. The highest BCUT2D eigenvalue weighted by molar-refractivity contribution is 7.13. The number of thiophene rings is 1. The topological polar surface area (TPSA) is 171 Å². The fourth-order valence-corrected chi connectivity index (χ4v) is 4.83. The molecule has 1 heterocycles. The summed E-state index contributed by atoms with van der Waals surface area (Å²) < 4.78 is 5.38. The summed E-state index contributed by atoms with van der Waals surface area (Å²) in [5.41, 5.74) is 5.94. The Labute approximate surface area is 213 Å². The van der Waals surface area contributed by atoms with Crippen LogP contribution in [0.2, 0.25) is 0 Å². The Morgan fingerprint density at radius 2 is 1.72 bits per heavy atom. The Kier molecular flexibility index (Phi) is 10.3. The number of carboxylic acid groups (broad SMARTS) is 2. The van der Waals surface area contributed by atoms with Gasteiger partial charge in [0.1, 0.15) is 16.5 Å². The molecule has 0 fully saturated rings. The van der Waals surface area contributed by atoms with E-state index in [0.29, 0.717) is 22.7 Å². The number of ether oxygens (including phenoxy) is 1. The molecule has 5 N–H and O–H groups in total. The maximum absolute atomic E-state index is 13.0. The number of hydrogen-bond donors (Lipinski definition) is 4. The van der Waals surface area contributed by atoms with E-state index in [1.165, 1.54) is 11.3 Å². The number of carboxylic acids is 2. The van der Waals surface area contributed by atoms with Crippen molar-refractivity contribution in [1.29, 1.82) is 5.41 Å². The standard InChI is InChI=1S/C25H31N3O7S/c1-14(2)22(19(29)12-16(24(32)33)6-11-21(30)31)28(3)13-18-9-10-20(36-18)25(34)35-17-7-4-15(5-8-17)23(26)27/h4-5,7-10,14,16,22H,6,11-13H2,1-3H3,(H3,26,27)(H,30,31)(H,32,33)/t16-,22-/m0/s1. The van der Waals surface area contributed by atoms with Crippen LogP contribution in [0, 0.1) is 17.2 Å². The number of carbonyl (C=O) groups excluding carboxylic acids is 2. The Hall–Kier alpha value is -3.57. The molecule has 1 aromatic carbocycles. The van der Waals surface area contributed by atoms with E-state index in [4.69, 9.17) is 21.0 Å². The second-order valence-corrected chi connectivity index (χ2v) is 10.0. The molecule has 0 saturated carbocycles. The van der Waals surface area contributed by atoms with Crippen LogP contribution in [-0.2, 0) is 20.9 Å². The smallest absolute Gasteiger partial charge is 0.353 e. The van der Waals surface area contributed by atoms with Gasteiger partial charge in [-0.2, -0.15) is 0 Å². The maximum atomic E-state index is 13.0. The summed E-state index contributed by atoms with van der Waals surface area (Å²) in [6.45, 7) is 4.08. The molecule has 194 valence electrons. The summed E-state index contributed by atoms with van der Waals surface area (Å²) in [4.78, 5) is 50.9. The number of benzene rings is 1. The molecule has 36 heavy (non-hydrogen) atoms. The molecule has 0 unspecified atom stereocenters. The number of aliphatic carboxylic acids is 2. The van der Waals surface area contributed by atoms with Crippen molar-refractivity contribution in [2.75, 3.05) is 7.05 Å². The lowest BCUT2D eigenvalue weighted by Crippen LogP contribution is -2.43. The molecule has 0 saturated heterocycles. The number of esters is 1. The maximum Gasteiger partial charge on any atom is 0.353 e.